The molecule has 25 heavy (non-hydrogen) atoms. The van der Waals surface area contributed by atoms with Gasteiger partial charge >= 0.3 is 6.55 Å². The number of piperidine rings is 1. The van der Waals surface area contributed by atoms with Crippen LogP contribution >= 0.6 is 24.0 Å². The Balaban J connectivity index is 0.00000312. The Morgan fingerprint density at radius 2 is 2.20 bits per heavy atom. The molecular weight excluding hydrogens is 439 g/mol. The van der Waals surface area contributed by atoms with E-state index in [0.29, 0.717) is 5.41 Å². The summed E-state index contributed by atoms with van der Waals surface area (Å²) in [5.41, 5.74) is 0.296. The second-order valence-electron chi connectivity index (χ2n) is 6.78. The van der Waals surface area contributed by atoms with Crippen molar-refractivity contribution in [2.24, 2.45) is 10.4 Å². The van der Waals surface area contributed by atoms with Crippen LogP contribution in [-0.4, -0.2) is 40.0 Å². The minimum Gasteiger partial charge on any atom is -0.357 e. The highest BCUT2D eigenvalue weighted by Gasteiger charge is 2.31. The summed E-state index contributed by atoms with van der Waals surface area (Å²) in [6.45, 7) is 6.80. The Morgan fingerprint density at radius 3 is 2.84 bits per heavy atom. The van der Waals surface area contributed by atoms with Crippen molar-refractivity contribution in [3.63, 3.8) is 0 Å². The van der Waals surface area contributed by atoms with E-state index in [9.17, 15) is 8.78 Å². The highest BCUT2D eigenvalue weighted by atomic mass is 127. The van der Waals surface area contributed by atoms with E-state index in [-0.39, 0.29) is 36.3 Å². The molecule has 0 spiro atoms. The van der Waals surface area contributed by atoms with Gasteiger partial charge in [-0.25, -0.2) is 9.98 Å². The Labute approximate surface area is 166 Å². The maximum Gasteiger partial charge on any atom is 0.319 e. The Morgan fingerprint density at radius 1 is 1.44 bits per heavy atom. The summed E-state index contributed by atoms with van der Waals surface area (Å²) >= 11 is 0. The van der Waals surface area contributed by atoms with Gasteiger partial charge in [-0.3, -0.25) is 4.57 Å². The fourth-order valence-electron chi connectivity index (χ4n) is 3.52. The largest absolute Gasteiger partial charge is 0.357 e. The van der Waals surface area contributed by atoms with Gasteiger partial charge in [-0.05, 0) is 31.6 Å². The van der Waals surface area contributed by atoms with Gasteiger partial charge in [0.25, 0.3) is 0 Å². The van der Waals surface area contributed by atoms with Crippen LogP contribution in [0.15, 0.2) is 17.4 Å². The molecule has 1 saturated heterocycles. The minimum absolute atomic E-state index is 0. The molecule has 1 aromatic heterocycles. The van der Waals surface area contributed by atoms with Crippen LogP contribution in [0.25, 0.3) is 0 Å². The fraction of sp³-hybridized carbons (Fsp3) is 0.765. The summed E-state index contributed by atoms with van der Waals surface area (Å²) in [6.07, 6.45) is 7.41. The third-order valence-corrected chi connectivity index (χ3v) is 4.60. The predicted octanol–water partition coefficient (Wildman–Crippen LogP) is 4.26. The molecule has 0 aliphatic carbocycles. The van der Waals surface area contributed by atoms with Gasteiger partial charge in [-0.1, -0.05) is 20.3 Å². The molecule has 0 amide bonds. The van der Waals surface area contributed by atoms with Crippen molar-refractivity contribution in [3.05, 3.63) is 18.2 Å². The molecular formula is C17H30F2IN5. The quantitative estimate of drug-likeness (QED) is 0.385. The first-order chi connectivity index (χ1) is 11.5. The van der Waals surface area contributed by atoms with E-state index >= 15 is 0 Å². The molecule has 0 radical (unpaired) electrons. The zero-order chi connectivity index (χ0) is 17.6. The van der Waals surface area contributed by atoms with E-state index in [1.807, 2.05) is 6.92 Å². The van der Waals surface area contributed by atoms with Crippen molar-refractivity contribution in [3.8, 4) is 0 Å². The lowest BCUT2D eigenvalue weighted by atomic mass is 9.78. The number of nitrogens with zero attached hydrogens (tertiary/aromatic N) is 4. The van der Waals surface area contributed by atoms with Crippen LogP contribution < -0.4 is 5.32 Å². The van der Waals surface area contributed by atoms with Crippen LogP contribution in [-0.2, 0) is 6.54 Å². The number of imidazole rings is 1. The number of nitrogens with one attached hydrogen (secondary N) is 1. The first-order valence-corrected chi connectivity index (χ1v) is 8.82. The van der Waals surface area contributed by atoms with Gasteiger partial charge < -0.3 is 10.2 Å². The summed E-state index contributed by atoms with van der Waals surface area (Å²) in [7, 11) is 0. The molecule has 2 heterocycles. The maximum atomic E-state index is 12.9. The molecule has 1 N–H and O–H groups in total. The van der Waals surface area contributed by atoms with Crippen molar-refractivity contribution in [1.29, 1.82) is 0 Å². The molecule has 1 unspecified atom stereocenters. The topological polar surface area (TPSA) is 45.5 Å². The molecule has 0 bridgehead atoms. The van der Waals surface area contributed by atoms with Crippen molar-refractivity contribution in [2.45, 2.75) is 59.5 Å². The summed E-state index contributed by atoms with van der Waals surface area (Å²) in [5.74, 6) is 1.08. The van der Waals surface area contributed by atoms with E-state index in [1.54, 1.807) is 0 Å². The number of alkyl halides is 2. The third-order valence-electron chi connectivity index (χ3n) is 4.60. The second-order valence-corrected chi connectivity index (χ2v) is 6.78. The molecule has 0 aromatic carbocycles. The van der Waals surface area contributed by atoms with E-state index in [4.69, 9.17) is 0 Å². The summed E-state index contributed by atoms with van der Waals surface area (Å²) in [5, 5.41) is 3.29. The number of hydrogen-bond acceptors (Lipinski definition) is 2. The Hall–Kier alpha value is -0.930. The molecule has 1 atom stereocenters. The number of hydrogen-bond donors (Lipinski definition) is 1. The number of rotatable bonds is 6. The number of aliphatic imine (C=N–C) groups is 1. The molecule has 5 nitrogen and oxygen atoms in total. The number of aromatic nitrogens is 2. The lowest BCUT2D eigenvalue weighted by molar-refractivity contribution is 0.0670. The van der Waals surface area contributed by atoms with Crippen LogP contribution in [0.5, 0.6) is 0 Å². The Kier molecular flexibility index (Phi) is 9.09. The molecule has 1 fully saturated rings. The van der Waals surface area contributed by atoms with Gasteiger partial charge in [-0.2, -0.15) is 8.78 Å². The monoisotopic (exact) mass is 469 g/mol. The standard InChI is InChI=1S/C17H29F2N5.HI/c1-4-7-17(3)8-6-10-23(13-17)16(20-5-2)22-12-14-21-9-11-24(14)15(18)19;/h9,11,15H,4-8,10,12-13H2,1-3H3,(H,20,22);1H. The second kappa shape index (κ2) is 10.3. The highest BCUT2D eigenvalue weighted by molar-refractivity contribution is 14.0. The summed E-state index contributed by atoms with van der Waals surface area (Å²) in [6, 6.07) is 0. The lowest BCUT2D eigenvalue weighted by Gasteiger charge is -2.42. The van der Waals surface area contributed by atoms with Gasteiger partial charge in [0.1, 0.15) is 12.4 Å². The van der Waals surface area contributed by atoms with E-state index in [0.717, 1.165) is 36.6 Å². The molecule has 8 heteroatoms. The van der Waals surface area contributed by atoms with Crippen LogP contribution in [0, 0.1) is 5.41 Å². The first-order valence-electron chi connectivity index (χ1n) is 8.82. The van der Waals surface area contributed by atoms with Gasteiger partial charge in [0.15, 0.2) is 5.96 Å². The van der Waals surface area contributed by atoms with Gasteiger partial charge in [0.05, 0.1) is 0 Å². The maximum absolute atomic E-state index is 12.9. The minimum atomic E-state index is -2.58. The van der Waals surface area contributed by atoms with Gasteiger partial charge in [0, 0.05) is 32.0 Å². The normalized spacial score (nSPS) is 21.4. The van der Waals surface area contributed by atoms with E-state index < -0.39 is 6.55 Å². The third kappa shape index (κ3) is 6.07. The van der Waals surface area contributed by atoms with Gasteiger partial charge in [-0.15, -0.1) is 24.0 Å². The van der Waals surface area contributed by atoms with Crippen molar-refractivity contribution >= 4 is 29.9 Å². The number of likely N-dealkylation sites (tertiary alicyclic amines) is 1. The van der Waals surface area contributed by atoms with Crippen LogP contribution in [0.4, 0.5) is 8.78 Å². The molecule has 1 aliphatic heterocycles. The zero-order valence-electron chi connectivity index (χ0n) is 15.3. The highest BCUT2D eigenvalue weighted by Crippen LogP contribution is 2.33. The Bertz CT molecular complexity index is 545. The molecule has 144 valence electrons. The van der Waals surface area contributed by atoms with Gasteiger partial charge in [0.2, 0.25) is 0 Å². The van der Waals surface area contributed by atoms with Crippen LogP contribution in [0.1, 0.15) is 58.8 Å². The number of guanidine groups is 1. The zero-order valence-corrected chi connectivity index (χ0v) is 17.7. The predicted molar refractivity (Wildman–Crippen MR) is 108 cm³/mol. The average molecular weight is 469 g/mol. The van der Waals surface area contributed by atoms with Crippen LogP contribution in [0.2, 0.25) is 0 Å². The van der Waals surface area contributed by atoms with E-state index in [1.165, 1.54) is 31.7 Å². The summed E-state index contributed by atoms with van der Waals surface area (Å²) < 4.78 is 26.7. The summed E-state index contributed by atoms with van der Waals surface area (Å²) in [4.78, 5) is 10.8. The first kappa shape index (κ1) is 22.1. The SMILES string of the molecule is CCCC1(C)CCCN(C(=NCc2nccn2C(F)F)NCC)C1.I. The molecule has 0 saturated carbocycles. The van der Waals surface area contributed by atoms with E-state index in [2.05, 4.69) is 34.0 Å². The fourth-order valence-corrected chi connectivity index (χ4v) is 3.52. The van der Waals surface area contributed by atoms with Crippen molar-refractivity contribution in [1.82, 2.24) is 19.8 Å². The van der Waals surface area contributed by atoms with Crippen molar-refractivity contribution < 1.29 is 8.78 Å². The number of halogens is 3. The molecule has 2 rings (SSSR count). The smallest absolute Gasteiger partial charge is 0.319 e. The van der Waals surface area contributed by atoms with Crippen molar-refractivity contribution in [2.75, 3.05) is 19.6 Å². The van der Waals surface area contributed by atoms with Crippen LogP contribution in [0.3, 0.4) is 0 Å². The molecule has 1 aliphatic rings. The average Bonchev–Trinajstić information content (AvgIpc) is 3.00. The molecule has 1 aromatic rings. The lowest BCUT2D eigenvalue weighted by Crippen LogP contribution is -2.49.